The highest BCUT2D eigenvalue weighted by atomic mass is 79.9. The van der Waals surface area contributed by atoms with Gasteiger partial charge in [-0.25, -0.2) is 13.1 Å². The molecule has 0 unspecified atom stereocenters. The summed E-state index contributed by atoms with van der Waals surface area (Å²) < 4.78 is 27.6. The second-order valence-electron chi connectivity index (χ2n) is 4.37. The first kappa shape index (κ1) is 16.2. The van der Waals surface area contributed by atoms with Crippen molar-refractivity contribution in [3.8, 4) is 0 Å². The Kier molecular flexibility index (Phi) is 4.85. The van der Waals surface area contributed by atoms with E-state index < -0.39 is 15.9 Å². The van der Waals surface area contributed by atoms with Crippen molar-refractivity contribution in [2.75, 3.05) is 0 Å². The fraction of sp³-hybridized carbons (Fsp3) is 0.0714. The SMILES string of the molecule is Cc1ccc(S(=O)(=O)NC(=O)c2ccc(Br)cc2Br)cc1. The Morgan fingerprint density at radius 1 is 1.05 bits per heavy atom. The number of sulfonamides is 1. The van der Waals surface area contributed by atoms with Crippen LogP contribution in [0, 0.1) is 6.92 Å². The lowest BCUT2D eigenvalue weighted by Crippen LogP contribution is -2.30. The minimum atomic E-state index is -3.88. The van der Waals surface area contributed by atoms with Crippen molar-refractivity contribution in [3.05, 3.63) is 62.5 Å². The summed E-state index contributed by atoms with van der Waals surface area (Å²) in [4.78, 5) is 12.1. The Morgan fingerprint density at radius 3 is 2.24 bits per heavy atom. The van der Waals surface area contributed by atoms with Crippen LogP contribution in [0.2, 0.25) is 0 Å². The summed E-state index contributed by atoms with van der Waals surface area (Å²) in [5.74, 6) is -0.685. The number of amides is 1. The molecule has 0 saturated heterocycles. The van der Waals surface area contributed by atoms with Gasteiger partial charge in [-0.1, -0.05) is 33.6 Å². The van der Waals surface area contributed by atoms with Crippen LogP contribution in [0.15, 0.2) is 56.3 Å². The Morgan fingerprint density at radius 2 is 1.67 bits per heavy atom. The largest absolute Gasteiger partial charge is 0.268 e. The molecule has 4 nitrogen and oxygen atoms in total. The van der Waals surface area contributed by atoms with Gasteiger partial charge in [-0.15, -0.1) is 0 Å². The van der Waals surface area contributed by atoms with Crippen LogP contribution in [0.3, 0.4) is 0 Å². The number of halogens is 2. The normalized spacial score (nSPS) is 11.2. The number of hydrogen-bond acceptors (Lipinski definition) is 3. The van der Waals surface area contributed by atoms with E-state index in [-0.39, 0.29) is 10.5 Å². The number of hydrogen-bond donors (Lipinski definition) is 1. The van der Waals surface area contributed by atoms with Crippen LogP contribution in [-0.2, 0) is 10.0 Å². The van der Waals surface area contributed by atoms with Gasteiger partial charge in [0.05, 0.1) is 10.5 Å². The third-order valence-corrected chi connectivity index (χ3v) is 5.23. The maximum Gasteiger partial charge on any atom is 0.266 e. The average molecular weight is 433 g/mol. The van der Waals surface area contributed by atoms with Gasteiger partial charge in [0.25, 0.3) is 15.9 Å². The zero-order valence-corrected chi connectivity index (χ0v) is 14.9. The molecule has 21 heavy (non-hydrogen) atoms. The maximum atomic E-state index is 12.1. The van der Waals surface area contributed by atoms with Crippen molar-refractivity contribution in [3.63, 3.8) is 0 Å². The van der Waals surface area contributed by atoms with E-state index >= 15 is 0 Å². The fourth-order valence-electron chi connectivity index (χ4n) is 1.63. The van der Waals surface area contributed by atoms with E-state index in [9.17, 15) is 13.2 Å². The van der Waals surface area contributed by atoms with Crippen LogP contribution in [0.25, 0.3) is 0 Å². The molecule has 110 valence electrons. The zero-order chi connectivity index (χ0) is 15.6. The molecule has 0 heterocycles. The van der Waals surface area contributed by atoms with E-state index in [0.717, 1.165) is 10.0 Å². The summed E-state index contributed by atoms with van der Waals surface area (Å²) in [7, 11) is -3.88. The molecule has 2 aromatic rings. The number of carbonyl (C=O) groups is 1. The Hall–Kier alpha value is -1.18. The van der Waals surface area contributed by atoms with Crippen molar-refractivity contribution in [2.24, 2.45) is 0 Å². The topological polar surface area (TPSA) is 63.2 Å². The minimum absolute atomic E-state index is 0.0506. The van der Waals surface area contributed by atoms with E-state index in [4.69, 9.17) is 0 Å². The molecule has 1 amide bonds. The monoisotopic (exact) mass is 431 g/mol. The third kappa shape index (κ3) is 3.93. The van der Waals surface area contributed by atoms with Crippen LogP contribution in [0.5, 0.6) is 0 Å². The standard InChI is InChI=1S/C14H11Br2NO3S/c1-9-2-5-11(6-3-9)21(19,20)17-14(18)12-7-4-10(15)8-13(12)16/h2-8H,1H3,(H,17,18). The first-order valence-electron chi connectivity index (χ1n) is 5.88. The summed E-state index contributed by atoms with van der Waals surface area (Å²) >= 11 is 6.51. The van der Waals surface area contributed by atoms with Gasteiger partial charge in [-0.3, -0.25) is 4.79 Å². The van der Waals surface area contributed by atoms with Gasteiger partial charge in [0.2, 0.25) is 0 Å². The minimum Gasteiger partial charge on any atom is -0.268 e. The predicted molar refractivity (Wildman–Crippen MR) is 87.7 cm³/mol. The lowest BCUT2D eigenvalue weighted by Gasteiger charge is -2.08. The molecule has 0 atom stereocenters. The summed E-state index contributed by atoms with van der Waals surface area (Å²) in [6, 6.07) is 11.1. The molecule has 0 fully saturated rings. The lowest BCUT2D eigenvalue weighted by atomic mass is 10.2. The quantitative estimate of drug-likeness (QED) is 0.805. The average Bonchev–Trinajstić information content (AvgIpc) is 2.38. The van der Waals surface area contributed by atoms with Crippen molar-refractivity contribution in [1.82, 2.24) is 4.72 Å². The van der Waals surface area contributed by atoms with Crippen molar-refractivity contribution < 1.29 is 13.2 Å². The molecule has 2 rings (SSSR count). The molecule has 0 aliphatic carbocycles. The van der Waals surface area contributed by atoms with Gasteiger partial charge in [-0.05, 0) is 53.2 Å². The Balaban J connectivity index is 2.28. The molecule has 0 radical (unpaired) electrons. The molecule has 0 bridgehead atoms. The highest BCUT2D eigenvalue weighted by Crippen LogP contribution is 2.22. The number of nitrogens with one attached hydrogen (secondary N) is 1. The molecule has 7 heteroatoms. The molecule has 0 aliphatic heterocycles. The predicted octanol–water partition coefficient (Wildman–Crippen LogP) is 3.64. The number of carbonyl (C=O) groups excluding carboxylic acids is 1. The van der Waals surface area contributed by atoms with Crippen LogP contribution < -0.4 is 4.72 Å². The third-order valence-electron chi connectivity index (χ3n) is 2.73. The first-order valence-corrected chi connectivity index (χ1v) is 8.95. The second-order valence-corrected chi connectivity index (χ2v) is 7.82. The van der Waals surface area contributed by atoms with Gasteiger partial charge in [0.1, 0.15) is 0 Å². The molecule has 0 aliphatic rings. The Bertz CT molecular complexity index is 786. The highest BCUT2D eigenvalue weighted by molar-refractivity contribution is 9.11. The maximum absolute atomic E-state index is 12.1. The van der Waals surface area contributed by atoms with Crippen molar-refractivity contribution in [1.29, 1.82) is 0 Å². The number of benzene rings is 2. The van der Waals surface area contributed by atoms with Crippen LogP contribution in [0.4, 0.5) is 0 Å². The molecule has 0 spiro atoms. The molecule has 1 N–H and O–H groups in total. The van der Waals surface area contributed by atoms with E-state index in [2.05, 4.69) is 36.6 Å². The van der Waals surface area contributed by atoms with E-state index in [0.29, 0.717) is 4.47 Å². The highest BCUT2D eigenvalue weighted by Gasteiger charge is 2.20. The molecule has 0 saturated carbocycles. The van der Waals surface area contributed by atoms with E-state index in [1.807, 2.05) is 6.92 Å². The smallest absolute Gasteiger partial charge is 0.266 e. The lowest BCUT2D eigenvalue weighted by molar-refractivity contribution is 0.0980. The number of aryl methyl sites for hydroxylation is 1. The summed E-state index contributed by atoms with van der Waals surface area (Å²) in [5.41, 5.74) is 1.19. The zero-order valence-electron chi connectivity index (χ0n) is 10.9. The molecule has 0 aromatic heterocycles. The van der Waals surface area contributed by atoms with Crippen LogP contribution in [-0.4, -0.2) is 14.3 Å². The Labute approximate surface area is 139 Å². The molecular weight excluding hydrogens is 422 g/mol. The van der Waals surface area contributed by atoms with Gasteiger partial charge in [-0.2, -0.15) is 0 Å². The van der Waals surface area contributed by atoms with Crippen molar-refractivity contribution >= 4 is 47.8 Å². The van der Waals surface area contributed by atoms with E-state index in [1.54, 1.807) is 24.3 Å². The second kappa shape index (κ2) is 6.29. The van der Waals surface area contributed by atoms with E-state index in [1.165, 1.54) is 18.2 Å². The van der Waals surface area contributed by atoms with Gasteiger partial charge < -0.3 is 0 Å². The van der Waals surface area contributed by atoms with Gasteiger partial charge in [0, 0.05) is 8.95 Å². The first-order chi connectivity index (χ1) is 9.79. The molecular formula is C14H11Br2NO3S. The number of rotatable bonds is 3. The van der Waals surface area contributed by atoms with Gasteiger partial charge in [0.15, 0.2) is 0 Å². The summed E-state index contributed by atoms with van der Waals surface area (Å²) in [6.45, 7) is 1.86. The van der Waals surface area contributed by atoms with Crippen molar-refractivity contribution in [2.45, 2.75) is 11.8 Å². The van der Waals surface area contributed by atoms with Crippen LogP contribution in [0.1, 0.15) is 15.9 Å². The van der Waals surface area contributed by atoms with Gasteiger partial charge >= 0.3 is 0 Å². The van der Waals surface area contributed by atoms with Crippen LogP contribution >= 0.6 is 31.9 Å². The summed E-state index contributed by atoms with van der Waals surface area (Å²) in [5, 5.41) is 0. The summed E-state index contributed by atoms with van der Waals surface area (Å²) in [6.07, 6.45) is 0. The fourth-order valence-corrected chi connectivity index (χ4v) is 3.82. The molecule has 2 aromatic carbocycles.